The number of quaternary nitrogens is 1. The number of carbonyl (C=O) groups excluding carboxylic acids is 3. The van der Waals surface area contributed by atoms with E-state index in [1.54, 1.807) is 6.92 Å². The number of hydrogen-bond donors (Lipinski definition) is 4. The average molecular weight is 571 g/mol. The summed E-state index contributed by atoms with van der Waals surface area (Å²) in [7, 11) is 7.14. The Bertz CT molecular complexity index is 1460. The first kappa shape index (κ1) is 29.2. The molecule has 1 saturated heterocycles. The molecule has 41 heavy (non-hydrogen) atoms. The van der Waals surface area contributed by atoms with E-state index >= 15 is 0 Å². The molecule has 1 aliphatic heterocycles. The van der Waals surface area contributed by atoms with Gasteiger partial charge in [0.15, 0.2) is 17.9 Å². The molecule has 0 unspecified atom stereocenters. The maximum atomic E-state index is 13.8. The number of phenols is 2. The van der Waals surface area contributed by atoms with E-state index in [9.17, 15) is 34.8 Å². The van der Waals surface area contributed by atoms with Crippen LogP contribution in [0.1, 0.15) is 75.8 Å². The van der Waals surface area contributed by atoms with E-state index in [0.29, 0.717) is 4.48 Å². The highest BCUT2D eigenvalue weighted by atomic mass is 16.7. The predicted octanol–water partition coefficient (Wildman–Crippen LogP) is 1.78. The van der Waals surface area contributed by atoms with Crippen LogP contribution in [0.25, 0.3) is 0 Å². The summed E-state index contributed by atoms with van der Waals surface area (Å²) in [5, 5.41) is 45.2. The number of carbonyl (C=O) groups is 3. The van der Waals surface area contributed by atoms with Gasteiger partial charge in [0.2, 0.25) is 5.78 Å². The molecule has 11 nitrogen and oxygen atoms in total. The normalized spacial score (nSPS) is 29.4. The summed E-state index contributed by atoms with van der Waals surface area (Å²) >= 11 is 0. The van der Waals surface area contributed by atoms with Crippen molar-refractivity contribution in [3.63, 3.8) is 0 Å². The van der Waals surface area contributed by atoms with E-state index in [1.807, 2.05) is 21.1 Å². The van der Waals surface area contributed by atoms with Gasteiger partial charge in [0.25, 0.3) is 0 Å². The minimum atomic E-state index is -1.99. The average Bonchev–Trinajstić information content (AvgIpc) is 2.89. The summed E-state index contributed by atoms with van der Waals surface area (Å²) in [6.45, 7) is 2.91. The van der Waals surface area contributed by atoms with Crippen molar-refractivity contribution in [3.8, 4) is 17.2 Å². The number of benzene rings is 2. The zero-order valence-corrected chi connectivity index (χ0v) is 23.9. The largest absolute Gasteiger partial charge is 0.507 e. The third kappa shape index (κ3) is 4.52. The fraction of sp³-hybridized carbons (Fsp3) is 0.500. The van der Waals surface area contributed by atoms with E-state index in [0.717, 1.165) is 0 Å². The van der Waals surface area contributed by atoms with Crippen LogP contribution < -0.4 is 4.74 Å². The monoisotopic (exact) mass is 570 g/mol. The van der Waals surface area contributed by atoms with Gasteiger partial charge in [0, 0.05) is 29.5 Å². The van der Waals surface area contributed by atoms with Crippen molar-refractivity contribution in [2.75, 3.05) is 28.3 Å². The predicted molar refractivity (Wildman–Crippen MR) is 144 cm³/mol. The molecule has 1 fully saturated rings. The van der Waals surface area contributed by atoms with E-state index in [4.69, 9.17) is 14.2 Å². The number of Topliss-reactive ketones (excluding diaryl/α,β-unsaturated/α-hetero) is 1. The smallest absolute Gasteiger partial charge is 0.202 e. The Morgan fingerprint density at radius 2 is 1.73 bits per heavy atom. The first-order valence-corrected chi connectivity index (χ1v) is 13.5. The number of fused-ring (bicyclic) bond motifs is 3. The molecule has 5 rings (SSSR count). The molecular weight excluding hydrogens is 534 g/mol. The quantitative estimate of drug-likeness (QED) is 0.263. The summed E-state index contributed by atoms with van der Waals surface area (Å²) in [4.78, 5) is 40.0. The first-order valence-electron chi connectivity index (χ1n) is 13.5. The highest BCUT2D eigenvalue weighted by molar-refractivity contribution is 6.31. The molecule has 2 aliphatic carbocycles. The van der Waals surface area contributed by atoms with Gasteiger partial charge in [-0.25, -0.2) is 0 Å². The lowest BCUT2D eigenvalue weighted by Crippen LogP contribution is -2.60. The number of phenolic OH excluding ortho intramolecular Hbond substituents is 2. The number of aliphatic hydroxyl groups excluding tert-OH is 1. The second kappa shape index (κ2) is 9.88. The number of aliphatic hydroxyl groups is 2. The van der Waals surface area contributed by atoms with Gasteiger partial charge >= 0.3 is 0 Å². The van der Waals surface area contributed by atoms with Gasteiger partial charge in [-0.05, 0) is 19.9 Å². The van der Waals surface area contributed by atoms with Gasteiger partial charge in [0.1, 0.15) is 35.0 Å². The van der Waals surface area contributed by atoms with Crippen molar-refractivity contribution in [3.05, 3.63) is 51.6 Å². The number of ether oxygens (including phenoxy) is 3. The molecule has 0 spiro atoms. The van der Waals surface area contributed by atoms with E-state index in [1.165, 1.54) is 32.2 Å². The highest BCUT2D eigenvalue weighted by Gasteiger charge is 2.50. The number of likely N-dealkylation sites (N-methyl/N-ethyl adjacent to an activating group) is 1. The topological polar surface area (TPSA) is 160 Å². The SMILES string of the molecule is COc1cccc2c1C(=O)c1c(O)c3c(c(O)c1C2=O)C[C@@](O)(C(C)=O)C[C@H]3O[C@H]1C[C@@H]([N+](C)(C)C)[C@H](O)[C@H](C)O1. The number of ketones is 3. The molecule has 6 atom stereocenters. The van der Waals surface area contributed by atoms with Crippen LogP contribution in [0, 0.1) is 0 Å². The summed E-state index contributed by atoms with van der Waals surface area (Å²) in [6, 6.07) is 4.19. The van der Waals surface area contributed by atoms with E-state index in [2.05, 4.69) is 0 Å². The Morgan fingerprint density at radius 3 is 2.34 bits per heavy atom. The van der Waals surface area contributed by atoms with Crippen LogP contribution in [0.15, 0.2) is 18.2 Å². The third-order valence-electron chi connectivity index (χ3n) is 8.72. The Hall–Kier alpha value is -3.35. The number of hydrogen-bond acceptors (Lipinski definition) is 10. The number of methoxy groups -OCH3 is 1. The van der Waals surface area contributed by atoms with Crippen molar-refractivity contribution in [1.29, 1.82) is 0 Å². The summed E-state index contributed by atoms with van der Waals surface area (Å²) in [5.74, 6) is -3.07. The maximum Gasteiger partial charge on any atom is 0.202 e. The van der Waals surface area contributed by atoms with Crippen molar-refractivity contribution < 1.29 is 53.5 Å². The molecule has 4 N–H and O–H groups in total. The molecule has 2 aromatic carbocycles. The van der Waals surface area contributed by atoms with Crippen molar-refractivity contribution >= 4 is 17.3 Å². The van der Waals surface area contributed by atoms with Crippen molar-refractivity contribution in [1.82, 2.24) is 0 Å². The van der Waals surface area contributed by atoms with Crippen LogP contribution >= 0.6 is 0 Å². The van der Waals surface area contributed by atoms with Crippen LogP contribution in [-0.2, 0) is 20.7 Å². The zero-order valence-electron chi connectivity index (χ0n) is 23.9. The number of rotatable bonds is 5. The van der Waals surface area contributed by atoms with Crippen LogP contribution in [0.5, 0.6) is 17.2 Å². The number of nitrogens with zero attached hydrogens (tertiary/aromatic N) is 1. The molecular formula is C30H36NO10+. The minimum Gasteiger partial charge on any atom is -0.507 e. The standard InChI is InChI=1S/C30H35NO10/c1-13-25(33)17(31(3,4)5)10-20(40-13)41-19-12-30(38,14(2)32)11-16-22(19)29(37)24-23(27(16)35)26(34)15-8-7-9-18(39-6)21(15)28(24)36/h7-9,13,17,19-20,25,33,38H,10-12H2,1-6H3,(H-,34,35,36,37)/p+1/t13-,17+,19+,20-,25+,30-/m0/s1. The highest BCUT2D eigenvalue weighted by Crippen LogP contribution is 2.52. The molecule has 0 radical (unpaired) electrons. The van der Waals surface area contributed by atoms with Crippen LogP contribution in [0.2, 0.25) is 0 Å². The van der Waals surface area contributed by atoms with Crippen molar-refractivity contribution in [2.24, 2.45) is 0 Å². The van der Waals surface area contributed by atoms with Gasteiger partial charge in [-0.15, -0.1) is 0 Å². The molecule has 1 heterocycles. The fourth-order valence-corrected chi connectivity index (χ4v) is 6.37. The second-order valence-electron chi connectivity index (χ2n) is 12.2. The van der Waals surface area contributed by atoms with Gasteiger partial charge < -0.3 is 39.1 Å². The molecule has 0 aromatic heterocycles. The summed E-state index contributed by atoms with van der Waals surface area (Å²) < 4.78 is 18.0. The Kier molecular flexibility index (Phi) is 7.03. The molecule has 0 bridgehead atoms. The Labute approximate surface area is 237 Å². The Morgan fingerprint density at radius 1 is 1.07 bits per heavy atom. The van der Waals surface area contributed by atoms with Gasteiger partial charge in [-0.2, -0.15) is 0 Å². The van der Waals surface area contributed by atoms with Gasteiger partial charge in [0.05, 0.1) is 63.6 Å². The van der Waals surface area contributed by atoms with E-state index < -0.39 is 76.6 Å². The molecule has 0 saturated carbocycles. The zero-order chi connectivity index (χ0) is 30.2. The molecule has 0 amide bonds. The fourth-order valence-electron chi connectivity index (χ4n) is 6.37. The van der Waals surface area contributed by atoms with Gasteiger partial charge in [-0.3, -0.25) is 14.4 Å². The van der Waals surface area contributed by atoms with E-state index in [-0.39, 0.29) is 46.9 Å². The Balaban J connectivity index is 1.66. The van der Waals surface area contributed by atoms with Crippen molar-refractivity contribution in [2.45, 2.75) is 69.4 Å². The maximum absolute atomic E-state index is 13.8. The summed E-state index contributed by atoms with van der Waals surface area (Å²) in [6.07, 6.45) is -3.97. The molecule has 3 aliphatic rings. The first-order chi connectivity index (χ1) is 19.1. The molecule has 11 heteroatoms. The van der Waals surface area contributed by atoms with Crippen LogP contribution in [0.4, 0.5) is 0 Å². The molecule has 220 valence electrons. The number of aromatic hydroxyl groups is 2. The van der Waals surface area contributed by atoms with Crippen LogP contribution in [-0.4, -0.2) is 101 Å². The lowest BCUT2D eigenvalue weighted by Gasteiger charge is -2.46. The third-order valence-corrected chi connectivity index (χ3v) is 8.72. The lowest BCUT2D eigenvalue weighted by molar-refractivity contribution is -0.903. The van der Waals surface area contributed by atoms with Gasteiger partial charge in [-0.1, -0.05) is 12.1 Å². The molecule has 2 aromatic rings. The van der Waals surface area contributed by atoms with Crippen LogP contribution in [0.3, 0.4) is 0 Å². The minimum absolute atomic E-state index is 0.00330. The summed E-state index contributed by atoms with van der Waals surface area (Å²) in [5.41, 5.74) is -2.91. The second-order valence-corrected chi connectivity index (χ2v) is 12.2. The lowest BCUT2D eigenvalue weighted by atomic mass is 9.72.